The van der Waals surface area contributed by atoms with Gasteiger partial charge < -0.3 is 20.4 Å². The van der Waals surface area contributed by atoms with E-state index in [1.165, 1.54) is 0 Å². The second-order valence-electron chi connectivity index (χ2n) is 9.53. The lowest BCUT2D eigenvalue weighted by atomic mass is 9.75. The molecule has 9 heteroatoms. The van der Waals surface area contributed by atoms with E-state index in [1.54, 1.807) is 18.5 Å². The summed E-state index contributed by atoms with van der Waals surface area (Å²) in [6.07, 6.45) is 3.08. The number of nitrogens with one attached hydrogen (secondary N) is 1. The van der Waals surface area contributed by atoms with Gasteiger partial charge in [-0.3, -0.25) is 4.79 Å². The number of aromatic nitrogens is 4. The number of rotatable bonds is 5. The second-order valence-corrected chi connectivity index (χ2v) is 9.53. The molecule has 4 heterocycles. The number of hydrogen-bond acceptors (Lipinski definition) is 6. The van der Waals surface area contributed by atoms with Crippen molar-refractivity contribution in [3.63, 3.8) is 0 Å². The van der Waals surface area contributed by atoms with Crippen LogP contribution in [0.15, 0.2) is 54.9 Å². The molecule has 1 fully saturated rings. The standard InChI is InChI=1S/C27H25FN6O2/c1-34-15-31-33-23(34)12-27(13-36-14-27)19-4-2-3-16(10-19)21-11-22(25(29)32-24(21)28)17-5-6-20-18(9-17)7-8-30-26(20)35/h2-6,9-11,15H,7-8,12-14H2,1H3,(H2,29,32)(H,30,35). The van der Waals surface area contributed by atoms with Gasteiger partial charge in [0.15, 0.2) is 0 Å². The molecule has 2 aliphatic rings. The van der Waals surface area contributed by atoms with Gasteiger partial charge in [-0.15, -0.1) is 10.2 Å². The number of nitrogen functional groups attached to an aromatic ring is 1. The lowest BCUT2D eigenvalue weighted by Gasteiger charge is -2.42. The zero-order valence-corrected chi connectivity index (χ0v) is 19.8. The number of anilines is 1. The molecule has 1 amide bonds. The molecule has 2 aromatic heterocycles. The molecule has 1 saturated heterocycles. The predicted molar refractivity (Wildman–Crippen MR) is 133 cm³/mol. The second kappa shape index (κ2) is 8.53. The first-order valence-corrected chi connectivity index (χ1v) is 11.8. The van der Waals surface area contributed by atoms with Crippen LogP contribution in [0.1, 0.15) is 27.3 Å². The fraction of sp³-hybridized carbons (Fsp3) is 0.259. The molecular formula is C27H25FN6O2. The smallest absolute Gasteiger partial charge is 0.251 e. The van der Waals surface area contributed by atoms with Crippen LogP contribution in [0.25, 0.3) is 22.3 Å². The van der Waals surface area contributed by atoms with Crippen LogP contribution in [-0.4, -0.2) is 45.4 Å². The summed E-state index contributed by atoms with van der Waals surface area (Å²) in [6, 6.07) is 15.1. The molecule has 6 rings (SSSR count). The number of pyridine rings is 1. The zero-order chi connectivity index (χ0) is 24.9. The van der Waals surface area contributed by atoms with Crippen LogP contribution in [0, 0.1) is 5.95 Å². The lowest BCUT2D eigenvalue weighted by Crippen LogP contribution is -2.49. The van der Waals surface area contributed by atoms with Crippen molar-refractivity contribution in [2.75, 3.05) is 25.5 Å². The van der Waals surface area contributed by atoms with E-state index in [-0.39, 0.29) is 17.1 Å². The highest BCUT2D eigenvalue weighted by Crippen LogP contribution is 2.39. The summed E-state index contributed by atoms with van der Waals surface area (Å²) in [7, 11) is 1.92. The Balaban J connectivity index is 1.39. The molecular weight excluding hydrogens is 459 g/mol. The highest BCUT2D eigenvalue weighted by molar-refractivity contribution is 5.97. The molecule has 3 N–H and O–H groups in total. The predicted octanol–water partition coefficient (Wildman–Crippen LogP) is 3.06. The van der Waals surface area contributed by atoms with Crippen molar-refractivity contribution in [3.05, 3.63) is 83.3 Å². The number of ether oxygens (including phenoxy) is 1. The van der Waals surface area contributed by atoms with Gasteiger partial charge in [0.2, 0.25) is 5.95 Å². The summed E-state index contributed by atoms with van der Waals surface area (Å²) in [5.41, 5.74) is 11.1. The fourth-order valence-electron chi connectivity index (χ4n) is 5.04. The maximum absolute atomic E-state index is 15.1. The van der Waals surface area contributed by atoms with Gasteiger partial charge in [0.05, 0.1) is 13.2 Å². The van der Waals surface area contributed by atoms with Gasteiger partial charge in [0, 0.05) is 42.1 Å². The minimum Gasteiger partial charge on any atom is -0.383 e. The Hall–Kier alpha value is -4.11. The van der Waals surface area contributed by atoms with E-state index in [1.807, 2.05) is 48.0 Å². The first-order chi connectivity index (χ1) is 17.4. The van der Waals surface area contributed by atoms with E-state index in [9.17, 15) is 4.79 Å². The number of carbonyl (C=O) groups is 1. The van der Waals surface area contributed by atoms with Gasteiger partial charge in [-0.2, -0.15) is 4.39 Å². The molecule has 8 nitrogen and oxygen atoms in total. The Morgan fingerprint density at radius 1 is 1.11 bits per heavy atom. The van der Waals surface area contributed by atoms with Crippen molar-refractivity contribution in [1.29, 1.82) is 0 Å². The van der Waals surface area contributed by atoms with Crippen LogP contribution in [0.5, 0.6) is 0 Å². The highest BCUT2D eigenvalue weighted by Gasteiger charge is 2.41. The van der Waals surface area contributed by atoms with Crippen molar-refractivity contribution in [1.82, 2.24) is 25.1 Å². The Morgan fingerprint density at radius 3 is 2.69 bits per heavy atom. The number of aryl methyl sites for hydroxylation is 1. The maximum Gasteiger partial charge on any atom is 0.251 e. The van der Waals surface area contributed by atoms with Crippen LogP contribution in [-0.2, 0) is 30.0 Å². The number of nitrogens with zero attached hydrogens (tertiary/aromatic N) is 4. The summed E-state index contributed by atoms with van der Waals surface area (Å²) in [5.74, 6) is 0.268. The number of benzene rings is 2. The summed E-state index contributed by atoms with van der Waals surface area (Å²) >= 11 is 0. The quantitative estimate of drug-likeness (QED) is 0.422. The van der Waals surface area contributed by atoms with Gasteiger partial charge in [-0.25, -0.2) is 4.98 Å². The zero-order valence-electron chi connectivity index (χ0n) is 19.8. The van der Waals surface area contributed by atoms with Crippen LogP contribution in [0.2, 0.25) is 0 Å². The summed E-state index contributed by atoms with van der Waals surface area (Å²) in [4.78, 5) is 16.2. The van der Waals surface area contributed by atoms with Crippen LogP contribution in [0.3, 0.4) is 0 Å². The Morgan fingerprint density at radius 2 is 1.94 bits per heavy atom. The Kier molecular flexibility index (Phi) is 5.30. The largest absolute Gasteiger partial charge is 0.383 e. The van der Waals surface area contributed by atoms with Gasteiger partial charge in [-0.05, 0) is 40.8 Å². The molecule has 0 unspecified atom stereocenters. The number of fused-ring (bicyclic) bond motifs is 1. The van der Waals surface area contributed by atoms with Crippen molar-refractivity contribution in [2.45, 2.75) is 18.3 Å². The SMILES string of the molecule is Cn1cnnc1CC1(c2cccc(-c3cc(-c4ccc5c(c4)CCNC5=O)c(N)nc3F)c2)COC1. The van der Waals surface area contributed by atoms with Crippen molar-refractivity contribution < 1.29 is 13.9 Å². The molecule has 182 valence electrons. The summed E-state index contributed by atoms with van der Waals surface area (Å²) in [6.45, 7) is 1.70. The average molecular weight is 485 g/mol. The monoisotopic (exact) mass is 484 g/mol. The molecule has 0 atom stereocenters. The van der Waals surface area contributed by atoms with E-state index in [2.05, 4.69) is 20.5 Å². The van der Waals surface area contributed by atoms with Crippen molar-refractivity contribution >= 4 is 11.7 Å². The van der Waals surface area contributed by atoms with E-state index in [4.69, 9.17) is 10.5 Å². The van der Waals surface area contributed by atoms with Crippen LogP contribution >= 0.6 is 0 Å². The number of carbonyl (C=O) groups excluding carboxylic acids is 1. The van der Waals surface area contributed by atoms with Gasteiger partial charge >= 0.3 is 0 Å². The lowest BCUT2D eigenvalue weighted by molar-refractivity contribution is -0.0611. The van der Waals surface area contributed by atoms with Crippen LogP contribution in [0.4, 0.5) is 10.2 Å². The minimum absolute atomic E-state index is 0.0827. The fourth-order valence-corrected chi connectivity index (χ4v) is 5.04. The van der Waals surface area contributed by atoms with E-state index < -0.39 is 5.95 Å². The van der Waals surface area contributed by atoms with Crippen molar-refractivity contribution in [3.8, 4) is 22.3 Å². The summed E-state index contributed by atoms with van der Waals surface area (Å²) < 4.78 is 22.7. The normalized spacial score (nSPS) is 16.2. The third kappa shape index (κ3) is 3.72. The molecule has 0 spiro atoms. The van der Waals surface area contributed by atoms with E-state index >= 15 is 4.39 Å². The molecule has 36 heavy (non-hydrogen) atoms. The molecule has 2 aromatic carbocycles. The topological polar surface area (TPSA) is 108 Å². The molecule has 0 aliphatic carbocycles. The van der Waals surface area contributed by atoms with Gasteiger partial charge in [0.1, 0.15) is 18.0 Å². The first kappa shape index (κ1) is 22.4. The Bertz CT molecular complexity index is 1490. The highest BCUT2D eigenvalue weighted by atomic mass is 19.1. The van der Waals surface area contributed by atoms with Crippen LogP contribution < -0.4 is 11.1 Å². The third-order valence-corrected chi connectivity index (χ3v) is 7.19. The third-order valence-electron chi connectivity index (χ3n) is 7.19. The molecule has 0 bridgehead atoms. The minimum atomic E-state index is -0.627. The number of amides is 1. The average Bonchev–Trinajstić information content (AvgIpc) is 3.25. The number of halogens is 1. The molecule has 4 aromatic rings. The molecule has 0 radical (unpaired) electrons. The Labute approximate surface area is 207 Å². The number of nitrogens with two attached hydrogens (primary N) is 1. The van der Waals surface area contributed by atoms with Gasteiger partial charge in [0.25, 0.3) is 5.91 Å². The van der Waals surface area contributed by atoms with E-state index in [0.717, 1.165) is 28.9 Å². The van der Waals surface area contributed by atoms with Gasteiger partial charge in [-0.1, -0.05) is 36.4 Å². The molecule has 2 aliphatic heterocycles. The van der Waals surface area contributed by atoms with Crippen molar-refractivity contribution in [2.24, 2.45) is 7.05 Å². The first-order valence-electron chi connectivity index (χ1n) is 11.8. The number of hydrogen-bond donors (Lipinski definition) is 2. The maximum atomic E-state index is 15.1. The summed E-state index contributed by atoms with van der Waals surface area (Å²) in [5, 5.41) is 11.1. The molecule has 0 saturated carbocycles. The van der Waals surface area contributed by atoms with E-state index in [0.29, 0.717) is 48.4 Å².